The number of carbonyl (C=O) groups excluding carboxylic acids is 1. The molecule has 1 amide bonds. The second-order valence-electron chi connectivity index (χ2n) is 5.30. The quantitative estimate of drug-likeness (QED) is 0.755. The molecule has 0 spiro atoms. The predicted molar refractivity (Wildman–Crippen MR) is 93.6 cm³/mol. The zero-order valence-electron chi connectivity index (χ0n) is 12.6. The van der Waals surface area contributed by atoms with Crippen molar-refractivity contribution in [1.82, 2.24) is 9.88 Å². The number of hydrogen-bond acceptors (Lipinski definition) is 3. The van der Waals surface area contributed by atoms with Gasteiger partial charge in [-0.3, -0.25) is 9.36 Å². The molecule has 7 heteroatoms. The molecule has 0 fully saturated rings. The highest BCUT2D eigenvalue weighted by Crippen LogP contribution is 2.18. The lowest BCUT2D eigenvalue weighted by Crippen LogP contribution is -2.32. The van der Waals surface area contributed by atoms with Gasteiger partial charge < -0.3 is 9.73 Å². The van der Waals surface area contributed by atoms with E-state index in [4.69, 9.17) is 27.6 Å². The van der Waals surface area contributed by atoms with Crippen molar-refractivity contribution in [2.45, 2.75) is 13.0 Å². The summed E-state index contributed by atoms with van der Waals surface area (Å²) < 4.78 is 6.37. The maximum atomic E-state index is 12.1. The molecule has 1 aromatic heterocycles. The fraction of sp³-hybridized carbons (Fsp3) is 0.176. The highest BCUT2D eigenvalue weighted by molar-refractivity contribution is 6.31. The summed E-state index contributed by atoms with van der Waals surface area (Å²) in [6.07, 6.45) is 0.656. The minimum atomic E-state index is -0.586. The van der Waals surface area contributed by atoms with Crippen molar-refractivity contribution in [3.05, 3.63) is 68.6 Å². The highest BCUT2D eigenvalue weighted by atomic mass is 35.5. The molecule has 5 nitrogen and oxygen atoms in total. The number of hydrogen-bond donors (Lipinski definition) is 1. The van der Waals surface area contributed by atoms with Crippen molar-refractivity contribution in [1.29, 1.82) is 0 Å². The summed E-state index contributed by atoms with van der Waals surface area (Å²) in [7, 11) is 0. The summed E-state index contributed by atoms with van der Waals surface area (Å²) in [6.45, 7) is 0.346. The van der Waals surface area contributed by atoms with Gasteiger partial charge in [-0.1, -0.05) is 35.3 Å². The van der Waals surface area contributed by atoms with Crippen molar-refractivity contribution in [3.8, 4) is 0 Å². The minimum Gasteiger partial charge on any atom is -0.408 e. The van der Waals surface area contributed by atoms with Gasteiger partial charge in [-0.25, -0.2) is 4.79 Å². The van der Waals surface area contributed by atoms with E-state index in [-0.39, 0.29) is 12.5 Å². The maximum absolute atomic E-state index is 12.1. The fourth-order valence-corrected chi connectivity index (χ4v) is 2.80. The van der Waals surface area contributed by atoms with Crippen LogP contribution in [0.3, 0.4) is 0 Å². The molecule has 2 aromatic carbocycles. The van der Waals surface area contributed by atoms with Gasteiger partial charge >= 0.3 is 5.76 Å². The van der Waals surface area contributed by atoms with Crippen molar-refractivity contribution in [2.75, 3.05) is 6.54 Å². The second-order valence-corrected chi connectivity index (χ2v) is 6.17. The van der Waals surface area contributed by atoms with E-state index in [0.717, 1.165) is 5.56 Å². The molecule has 0 atom stereocenters. The van der Waals surface area contributed by atoms with E-state index >= 15 is 0 Å². The van der Waals surface area contributed by atoms with Gasteiger partial charge in [-0.2, -0.15) is 0 Å². The second kappa shape index (κ2) is 7.11. The first-order chi connectivity index (χ1) is 11.5. The van der Waals surface area contributed by atoms with Crippen LogP contribution in [-0.4, -0.2) is 17.0 Å². The Labute approximate surface area is 147 Å². The fourth-order valence-electron chi connectivity index (χ4n) is 2.43. The van der Waals surface area contributed by atoms with Crippen LogP contribution in [0.25, 0.3) is 11.1 Å². The summed E-state index contributed by atoms with van der Waals surface area (Å²) in [4.78, 5) is 23.9. The van der Waals surface area contributed by atoms with Gasteiger partial charge in [-0.15, -0.1) is 0 Å². The molecule has 24 heavy (non-hydrogen) atoms. The van der Waals surface area contributed by atoms with Crippen molar-refractivity contribution >= 4 is 40.2 Å². The largest absolute Gasteiger partial charge is 0.420 e. The van der Waals surface area contributed by atoms with Gasteiger partial charge in [-0.05, 0) is 36.2 Å². The predicted octanol–water partition coefficient (Wildman–Crippen LogP) is 3.26. The summed E-state index contributed by atoms with van der Waals surface area (Å²) in [6, 6.07) is 12.3. The number of aromatic nitrogens is 1. The van der Waals surface area contributed by atoms with Gasteiger partial charge in [0.15, 0.2) is 5.58 Å². The van der Waals surface area contributed by atoms with E-state index in [1.807, 2.05) is 18.2 Å². The topological polar surface area (TPSA) is 64.2 Å². The number of halogens is 2. The van der Waals surface area contributed by atoms with E-state index in [0.29, 0.717) is 34.1 Å². The number of amides is 1. The Bertz CT molecular complexity index is 946. The van der Waals surface area contributed by atoms with Gasteiger partial charge in [0.2, 0.25) is 5.91 Å². The first-order valence-electron chi connectivity index (χ1n) is 7.33. The summed E-state index contributed by atoms with van der Waals surface area (Å²) in [5, 5.41) is 3.91. The Morgan fingerprint density at radius 3 is 2.71 bits per heavy atom. The molecule has 0 aliphatic carbocycles. The zero-order chi connectivity index (χ0) is 17.1. The van der Waals surface area contributed by atoms with Gasteiger partial charge in [0.05, 0.1) is 5.52 Å². The van der Waals surface area contributed by atoms with Crippen LogP contribution in [-0.2, 0) is 17.8 Å². The molecule has 0 radical (unpaired) electrons. The normalized spacial score (nSPS) is 10.9. The van der Waals surface area contributed by atoms with Crippen molar-refractivity contribution < 1.29 is 9.21 Å². The third-order valence-electron chi connectivity index (χ3n) is 3.56. The molecule has 0 aliphatic heterocycles. The van der Waals surface area contributed by atoms with Crippen LogP contribution >= 0.6 is 23.2 Å². The van der Waals surface area contributed by atoms with Crippen LogP contribution in [0, 0.1) is 0 Å². The van der Waals surface area contributed by atoms with Gasteiger partial charge in [0.25, 0.3) is 0 Å². The van der Waals surface area contributed by atoms with Crippen LogP contribution in [0.5, 0.6) is 0 Å². The Balaban J connectivity index is 1.63. The van der Waals surface area contributed by atoms with E-state index < -0.39 is 5.76 Å². The molecule has 0 saturated heterocycles. The number of rotatable bonds is 5. The molecule has 0 bridgehead atoms. The first-order valence-corrected chi connectivity index (χ1v) is 8.08. The zero-order valence-corrected chi connectivity index (χ0v) is 14.1. The average molecular weight is 365 g/mol. The molecule has 0 saturated carbocycles. The molecule has 1 N–H and O–H groups in total. The summed E-state index contributed by atoms with van der Waals surface area (Å²) in [5.41, 5.74) is 1.93. The third-order valence-corrected chi connectivity index (χ3v) is 4.03. The van der Waals surface area contributed by atoms with Crippen LogP contribution in [0.4, 0.5) is 0 Å². The van der Waals surface area contributed by atoms with E-state index in [2.05, 4.69) is 5.32 Å². The van der Waals surface area contributed by atoms with Gasteiger partial charge in [0.1, 0.15) is 6.54 Å². The molecular formula is C17H14Cl2N2O3. The van der Waals surface area contributed by atoms with Crippen LogP contribution in [0.1, 0.15) is 5.56 Å². The lowest BCUT2D eigenvalue weighted by atomic mass is 10.1. The van der Waals surface area contributed by atoms with Gasteiger partial charge in [0, 0.05) is 22.7 Å². The number of benzene rings is 2. The van der Waals surface area contributed by atoms with E-state index in [1.54, 1.807) is 24.3 Å². The Morgan fingerprint density at radius 1 is 1.12 bits per heavy atom. The molecule has 124 valence electrons. The Kier molecular flexibility index (Phi) is 4.92. The van der Waals surface area contributed by atoms with Crippen molar-refractivity contribution in [2.24, 2.45) is 0 Å². The smallest absolute Gasteiger partial charge is 0.408 e. The van der Waals surface area contributed by atoms with Crippen LogP contribution < -0.4 is 11.1 Å². The lowest BCUT2D eigenvalue weighted by molar-refractivity contribution is -0.121. The van der Waals surface area contributed by atoms with Crippen LogP contribution in [0.2, 0.25) is 10.0 Å². The number of carbonyl (C=O) groups is 1. The first kappa shape index (κ1) is 16.6. The lowest BCUT2D eigenvalue weighted by Gasteiger charge is -2.06. The highest BCUT2D eigenvalue weighted by Gasteiger charge is 2.12. The number of fused-ring (bicyclic) bond motifs is 1. The van der Waals surface area contributed by atoms with E-state index in [1.165, 1.54) is 4.57 Å². The SMILES string of the molecule is O=C(Cn1c(=O)oc2cc(Cl)ccc21)NCCc1cccc(Cl)c1. The monoisotopic (exact) mass is 364 g/mol. The van der Waals surface area contributed by atoms with Crippen molar-refractivity contribution in [3.63, 3.8) is 0 Å². The third kappa shape index (κ3) is 3.80. The number of nitrogens with one attached hydrogen (secondary N) is 1. The average Bonchev–Trinajstić information content (AvgIpc) is 2.82. The minimum absolute atomic E-state index is 0.108. The number of oxazole rings is 1. The van der Waals surface area contributed by atoms with Crippen LogP contribution in [0.15, 0.2) is 51.7 Å². The molecule has 0 unspecified atom stereocenters. The standard InChI is InChI=1S/C17H14Cl2N2O3/c18-12-3-1-2-11(8-12)6-7-20-16(22)10-21-14-5-4-13(19)9-15(14)24-17(21)23/h1-5,8-9H,6-7,10H2,(H,20,22). The summed E-state index contributed by atoms with van der Waals surface area (Å²) in [5.74, 6) is -0.853. The Hall–Kier alpha value is -2.24. The molecule has 1 heterocycles. The molecule has 3 rings (SSSR count). The Morgan fingerprint density at radius 2 is 1.92 bits per heavy atom. The molecule has 3 aromatic rings. The number of nitrogens with zero attached hydrogens (tertiary/aromatic N) is 1. The summed E-state index contributed by atoms with van der Waals surface area (Å²) >= 11 is 11.8. The maximum Gasteiger partial charge on any atom is 0.420 e. The molecular weight excluding hydrogens is 351 g/mol. The van der Waals surface area contributed by atoms with E-state index in [9.17, 15) is 9.59 Å². The molecule has 0 aliphatic rings.